The number of aliphatic hydroxyl groups is 1. The first kappa shape index (κ1) is 26.4. The summed E-state index contributed by atoms with van der Waals surface area (Å²) in [7, 11) is 1.59. The van der Waals surface area contributed by atoms with Gasteiger partial charge in [-0.15, -0.1) is 0 Å². The Hall–Kier alpha value is -3.69. The van der Waals surface area contributed by atoms with Crippen molar-refractivity contribution in [1.82, 2.24) is 20.2 Å². The van der Waals surface area contributed by atoms with Crippen molar-refractivity contribution in [3.8, 4) is 17.0 Å². The Morgan fingerprint density at radius 2 is 2.05 bits per heavy atom. The molecule has 2 heterocycles. The number of hydrogen-bond acceptors (Lipinski definition) is 7. The van der Waals surface area contributed by atoms with Crippen molar-refractivity contribution in [2.75, 3.05) is 25.5 Å². The first-order valence-electron chi connectivity index (χ1n) is 11.9. The highest BCUT2D eigenvalue weighted by Crippen LogP contribution is 2.31. The lowest BCUT2D eigenvalue weighted by atomic mass is 10.0. The molecule has 37 heavy (non-hydrogen) atoms. The average Bonchev–Trinajstić information content (AvgIpc) is 3.17. The Labute approximate surface area is 220 Å². The number of carbonyl (C=O) groups is 2. The van der Waals surface area contributed by atoms with Gasteiger partial charge in [-0.2, -0.15) is 0 Å². The van der Waals surface area contributed by atoms with Crippen LogP contribution in [0.15, 0.2) is 48.7 Å². The number of benzene rings is 2. The van der Waals surface area contributed by atoms with Gasteiger partial charge in [0.2, 0.25) is 11.9 Å². The van der Waals surface area contributed by atoms with Crippen LogP contribution in [0.5, 0.6) is 5.75 Å². The van der Waals surface area contributed by atoms with Crippen molar-refractivity contribution in [3.05, 3.63) is 70.4 Å². The Morgan fingerprint density at radius 1 is 1.27 bits per heavy atom. The Morgan fingerprint density at radius 3 is 2.78 bits per heavy atom. The smallest absolute Gasteiger partial charge is 0.254 e. The number of amides is 2. The summed E-state index contributed by atoms with van der Waals surface area (Å²) < 4.78 is 5.25. The molecular weight excluding hydrogens is 494 g/mol. The van der Waals surface area contributed by atoms with E-state index in [1.165, 1.54) is 11.1 Å². The van der Waals surface area contributed by atoms with Gasteiger partial charge in [-0.3, -0.25) is 9.59 Å². The maximum atomic E-state index is 13.1. The molecule has 1 aliphatic rings. The SMILES string of the molecule is COc1cccc([C@@H](C)NC(=O)CN2Cc3ccc(-c4nc(NCC(C)(C)O)ncc4Cl)cc3C2=O)c1. The number of anilines is 1. The monoisotopic (exact) mass is 523 g/mol. The topological polar surface area (TPSA) is 117 Å². The van der Waals surface area contributed by atoms with Gasteiger partial charge >= 0.3 is 0 Å². The fourth-order valence-corrected chi connectivity index (χ4v) is 4.24. The van der Waals surface area contributed by atoms with Gasteiger partial charge in [-0.25, -0.2) is 9.97 Å². The van der Waals surface area contributed by atoms with Gasteiger partial charge in [-0.1, -0.05) is 35.9 Å². The largest absolute Gasteiger partial charge is 0.497 e. The molecule has 1 atom stereocenters. The summed E-state index contributed by atoms with van der Waals surface area (Å²) in [6.45, 7) is 5.77. The van der Waals surface area contributed by atoms with E-state index in [4.69, 9.17) is 16.3 Å². The molecule has 1 aromatic heterocycles. The van der Waals surface area contributed by atoms with Crippen LogP contribution in [0, 0.1) is 0 Å². The summed E-state index contributed by atoms with van der Waals surface area (Å²) >= 11 is 6.37. The molecule has 0 unspecified atom stereocenters. The molecule has 10 heteroatoms. The molecule has 0 aliphatic carbocycles. The van der Waals surface area contributed by atoms with Crippen molar-refractivity contribution < 1.29 is 19.4 Å². The zero-order valence-corrected chi connectivity index (χ0v) is 22.0. The third-order valence-corrected chi connectivity index (χ3v) is 6.27. The number of nitrogens with one attached hydrogen (secondary N) is 2. The van der Waals surface area contributed by atoms with E-state index in [0.717, 1.165) is 11.1 Å². The lowest BCUT2D eigenvalue weighted by molar-refractivity contribution is -0.122. The number of aromatic nitrogens is 2. The van der Waals surface area contributed by atoms with Crippen LogP contribution in [0.2, 0.25) is 5.02 Å². The predicted octanol–water partition coefficient (Wildman–Crippen LogP) is 3.82. The molecule has 9 nitrogen and oxygen atoms in total. The molecule has 0 spiro atoms. The molecule has 194 valence electrons. The van der Waals surface area contributed by atoms with Gasteiger partial charge < -0.3 is 25.4 Å². The number of halogens is 1. The van der Waals surface area contributed by atoms with Gasteiger partial charge in [0.25, 0.3) is 5.91 Å². The Bertz CT molecular complexity index is 1320. The quantitative estimate of drug-likeness (QED) is 0.390. The minimum Gasteiger partial charge on any atom is -0.497 e. The Balaban J connectivity index is 1.45. The molecule has 0 saturated carbocycles. The molecule has 0 bridgehead atoms. The van der Waals surface area contributed by atoms with E-state index in [0.29, 0.717) is 40.1 Å². The van der Waals surface area contributed by atoms with Crippen LogP contribution in [0.4, 0.5) is 5.95 Å². The zero-order chi connectivity index (χ0) is 26.7. The fourth-order valence-electron chi connectivity index (χ4n) is 4.04. The van der Waals surface area contributed by atoms with Gasteiger partial charge in [-0.05, 0) is 50.1 Å². The maximum Gasteiger partial charge on any atom is 0.254 e. The summed E-state index contributed by atoms with van der Waals surface area (Å²) in [5.74, 6) is 0.546. The second-order valence-corrected chi connectivity index (χ2v) is 10.1. The summed E-state index contributed by atoms with van der Waals surface area (Å²) in [4.78, 5) is 36.0. The van der Waals surface area contributed by atoms with E-state index in [2.05, 4.69) is 20.6 Å². The van der Waals surface area contributed by atoms with E-state index in [1.807, 2.05) is 43.3 Å². The summed E-state index contributed by atoms with van der Waals surface area (Å²) in [6, 6.07) is 12.7. The molecule has 4 rings (SSSR count). The van der Waals surface area contributed by atoms with E-state index < -0.39 is 5.60 Å². The van der Waals surface area contributed by atoms with Crippen molar-refractivity contribution in [3.63, 3.8) is 0 Å². The third kappa shape index (κ3) is 6.36. The summed E-state index contributed by atoms with van der Waals surface area (Å²) in [5.41, 5.74) is 2.42. The average molecular weight is 524 g/mol. The van der Waals surface area contributed by atoms with Crippen molar-refractivity contribution >= 4 is 29.4 Å². The maximum absolute atomic E-state index is 13.1. The van der Waals surface area contributed by atoms with Gasteiger partial charge in [0.05, 0.1) is 35.7 Å². The number of carbonyl (C=O) groups excluding carboxylic acids is 2. The number of rotatable bonds is 9. The molecule has 3 N–H and O–H groups in total. The van der Waals surface area contributed by atoms with Crippen LogP contribution < -0.4 is 15.4 Å². The lowest BCUT2D eigenvalue weighted by Gasteiger charge is -2.19. The Kier molecular flexibility index (Phi) is 7.65. The van der Waals surface area contributed by atoms with Crippen molar-refractivity contribution in [2.24, 2.45) is 0 Å². The molecule has 3 aromatic rings. The summed E-state index contributed by atoms with van der Waals surface area (Å²) in [5, 5.41) is 16.2. The van der Waals surface area contributed by atoms with E-state index >= 15 is 0 Å². The van der Waals surface area contributed by atoms with Crippen LogP contribution in [-0.2, 0) is 11.3 Å². The molecule has 0 saturated heterocycles. The molecule has 0 fully saturated rings. The van der Waals surface area contributed by atoms with Crippen LogP contribution in [-0.4, -0.2) is 57.6 Å². The highest BCUT2D eigenvalue weighted by molar-refractivity contribution is 6.33. The number of fused-ring (bicyclic) bond motifs is 1. The van der Waals surface area contributed by atoms with E-state index in [-0.39, 0.29) is 30.9 Å². The first-order chi connectivity index (χ1) is 17.5. The fraction of sp³-hybridized carbons (Fsp3) is 0.333. The zero-order valence-electron chi connectivity index (χ0n) is 21.2. The third-order valence-electron chi connectivity index (χ3n) is 5.99. The molecular formula is C27H30ClN5O4. The minimum absolute atomic E-state index is 0.0591. The molecule has 2 amide bonds. The van der Waals surface area contributed by atoms with Crippen LogP contribution in [0.1, 0.15) is 48.3 Å². The normalized spacial score (nSPS) is 13.8. The molecule has 0 radical (unpaired) electrons. The predicted molar refractivity (Wildman–Crippen MR) is 142 cm³/mol. The van der Waals surface area contributed by atoms with Crippen molar-refractivity contribution in [2.45, 2.75) is 39.0 Å². The van der Waals surface area contributed by atoms with Gasteiger partial charge in [0, 0.05) is 24.2 Å². The van der Waals surface area contributed by atoms with Gasteiger partial charge in [0.15, 0.2) is 0 Å². The van der Waals surface area contributed by atoms with Crippen LogP contribution >= 0.6 is 11.6 Å². The number of hydrogen-bond donors (Lipinski definition) is 3. The van der Waals surface area contributed by atoms with Crippen LogP contribution in [0.3, 0.4) is 0 Å². The van der Waals surface area contributed by atoms with Crippen LogP contribution in [0.25, 0.3) is 11.3 Å². The lowest BCUT2D eigenvalue weighted by Crippen LogP contribution is -2.38. The first-order valence-corrected chi connectivity index (χ1v) is 12.3. The minimum atomic E-state index is -0.940. The standard InChI is InChI=1S/C27H30ClN5O4/c1-16(17-6-5-7-20(10-17)37-4)31-23(34)14-33-13-19-9-8-18(11-21(19)25(33)35)24-22(28)12-29-26(32-24)30-15-27(2,3)36/h5-12,16,36H,13-15H2,1-4H3,(H,31,34)(H,29,30,32)/t16-/m1/s1. The van der Waals surface area contributed by atoms with E-state index in [1.54, 1.807) is 27.0 Å². The number of methoxy groups -OCH3 is 1. The highest BCUT2D eigenvalue weighted by atomic mass is 35.5. The summed E-state index contributed by atoms with van der Waals surface area (Å²) in [6.07, 6.45) is 1.48. The van der Waals surface area contributed by atoms with Gasteiger partial charge in [0.1, 0.15) is 12.3 Å². The second-order valence-electron chi connectivity index (χ2n) is 9.66. The van der Waals surface area contributed by atoms with Crippen molar-refractivity contribution in [1.29, 1.82) is 0 Å². The number of ether oxygens (including phenoxy) is 1. The highest BCUT2D eigenvalue weighted by Gasteiger charge is 2.30. The number of nitrogens with zero attached hydrogens (tertiary/aromatic N) is 3. The van der Waals surface area contributed by atoms with E-state index in [9.17, 15) is 14.7 Å². The second kappa shape index (κ2) is 10.7. The molecule has 1 aliphatic heterocycles. The molecule has 2 aromatic carbocycles.